The second-order valence-corrected chi connectivity index (χ2v) is 4.15. The van der Waals surface area contributed by atoms with Crippen molar-refractivity contribution in [2.24, 2.45) is 0 Å². The second-order valence-electron chi connectivity index (χ2n) is 3.75. The summed E-state index contributed by atoms with van der Waals surface area (Å²) in [6.45, 7) is 0. The summed E-state index contributed by atoms with van der Waals surface area (Å²) in [6.07, 6.45) is 1.65. The molecular formula is C11H9ClN4O. The number of aromatic amines is 1. The van der Waals surface area contributed by atoms with Crippen molar-refractivity contribution in [3.05, 3.63) is 46.7 Å². The molecule has 1 atom stereocenters. The maximum atomic E-state index is 11.6. The molecule has 0 saturated heterocycles. The Morgan fingerprint density at radius 1 is 1.29 bits per heavy atom. The molecule has 2 aromatic rings. The van der Waals surface area contributed by atoms with Crippen LogP contribution in [0.4, 0.5) is 10.5 Å². The van der Waals surface area contributed by atoms with Crippen LogP contribution < -0.4 is 10.6 Å². The largest absolute Gasteiger partial charge is 0.325 e. The van der Waals surface area contributed by atoms with Gasteiger partial charge in [0.05, 0.1) is 22.4 Å². The Labute approximate surface area is 102 Å². The molecule has 0 radical (unpaired) electrons. The predicted octanol–water partition coefficient (Wildman–Crippen LogP) is 2.29. The molecule has 2 heterocycles. The normalized spacial score (nSPS) is 18.2. The van der Waals surface area contributed by atoms with Crippen molar-refractivity contribution in [1.29, 1.82) is 0 Å². The lowest BCUT2D eigenvalue weighted by Crippen LogP contribution is -2.38. The van der Waals surface area contributed by atoms with E-state index in [1.54, 1.807) is 12.3 Å². The summed E-state index contributed by atoms with van der Waals surface area (Å²) in [5.41, 5.74) is 2.39. The number of rotatable bonds is 1. The first-order valence-electron chi connectivity index (χ1n) is 5.11. The highest BCUT2D eigenvalue weighted by molar-refractivity contribution is 6.34. The van der Waals surface area contributed by atoms with Gasteiger partial charge in [0.25, 0.3) is 0 Å². The molecule has 0 bridgehead atoms. The molecule has 0 aliphatic carbocycles. The third-order valence-electron chi connectivity index (χ3n) is 2.70. The number of carbonyl (C=O) groups excluding carboxylic acids is 1. The summed E-state index contributed by atoms with van der Waals surface area (Å²) in [4.78, 5) is 11.6. The van der Waals surface area contributed by atoms with Crippen LogP contribution in [0.3, 0.4) is 0 Å². The van der Waals surface area contributed by atoms with Crippen LogP contribution in [-0.4, -0.2) is 16.2 Å². The number of benzene rings is 1. The van der Waals surface area contributed by atoms with Crippen LogP contribution in [-0.2, 0) is 0 Å². The first-order valence-corrected chi connectivity index (χ1v) is 5.48. The molecule has 86 valence electrons. The highest BCUT2D eigenvalue weighted by Gasteiger charge is 2.27. The molecule has 5 nitrogen and oxygen atoms in total. The zero-order valence-corrected chi connectivity index (χ0v) is 9.45. The number of carbonyl (C=O) groups is 1. The van der Waals surface area contributed by atoms with Crippen molar-refractivity contribution in [1.82, 2.24) is 15.5 Å². The monoisotopic (exact) mass is 248 g/mol. The van der Waals surface area contributed by atoms with Gasteiger partial charge in [-0.05, 0) is 12.1 Å². The van der Waals surface area contributed by atoms with Crippen molar-refractivity contribution < 1.29 is 4.79 Å². The van der Waals surface area contributed by atoms with Crippen molar-refractivity contribution in [3.63, 3.8) is 0 Å². The Morgan fingerprint density at radius 2 is 2.18 bits per heavy atom. The molecule has 2 amide bonds. The van der Waals surface area contributed by atoms with Crippen molar-refractivity contribution in [2.75, 3.05) is 5.32 Å². The molecule has 6 heteroatoms. The number of amides is 2. The van der Waals surface area contributed by atoms with Crippen LogP contribution in [0.1, 0.15) is 17.3 Å². The number of hydrogen-bond acceptors (Lipinski definition) is 2. The summed E-state index contributed by atoms with van der Waals surface area (Å²) >= 11 is 6.07. The average molecular weight is 249 g/mol. The molecule has 3 rings (SSSR count). The lowest BCUT2D eigenvalue weighted by molar-refractivity contribution is 0.248. The Hall–Kier alpha value is -2.01. The zero-order chi connectivity index (χ0) is 11.8. The van der Waals surface area contributed by atoms with E-state index in [0.29, 0.717) is 10.7 Å². The summed E-state index contributed by atoms with van der Waals surface area (Å²) in [7, 11) is 0. The SMILES string of the molecule is O=C1Nc2c(Cl)cccc2C(c2ccn[nH]2)N1. The summed E-state index contributed by atoms with van der Waals surface area (Å²) in [5.74, 6) is 0. The zero-order valence-electron chi connectivity index (χ0n) is 8.70. The third-order valence-corrected chi connectivity index (χ3v) is 3.02. The highest BCUT2D eigenvalue weighted by Crippen LogP contribution is 2.35. The Kier molecular flexibility index (Phi) is 2.26. The maximum Gasteiger partial charge on any atom is 0.320 e. The van der Waals surface area contributed by atoms with Crippen LogP contribution in [0, 0.1) is 0 Å². The van der Waals surface area contributed by atoms with Gasteiger partial charge >= 0.3 is 6.03 Å². The van der Waals surface area contributed by atoms with Crippen molar-refractivity contribution in [3.8, 4) is 0 Å². The van der Waals surface area contributed by atoms with Crippen LogP contribution in [0.5, 0.6) is 0 Å². The molecule has 17 heavy (non-hydrogen) atoms. The summed E-state index contributed by atoms with van der Waals surface area (Å²) < 4.78 is 0. The number of para-hydroxylation sites is 1. The molecule has 1 aromatic carbocycles. The van der Waals surface area contributed by atoms with Crippen LogP contribution in [0.15, 0.2) is 30.5 Å². The van der Waals surface area contributed by atoms with E-state index in [2.05, 4.69) is 20.8 Å². The van der Waals surface area contributed by atoms with Gasteiger partial charge in [-0.15, -0.1) is 0 Å². The quantitative estimate of drug-likeness (QED) is 0.725. The lowest BCUT2D eigenvalue weighted by atomic mass is 10.00. The van der Waals surface area contributed by atoms with E-state index >= 15 is 0 Å². The number of urea groups is 1. The van der Waals surface area contributed by atoms with Gasteiger partial charge in [0.2, 0.25) is 0 Å². The van der Waals surface area contributed by atoms with E-state index in [4.69, 9.17) is 11.6 Å². The minimum absolute atomic E-state index is 0.250. The second kappa shape index (κ2) is 3.78. The number of fused-ring (bicyclic) bond motifs is 1. The average Bonchev–Trinajstić information content (AvgIpc) is 2.83. The van der Waals surface area contributed by atoms with Crippen molar-refractivity contribution in [2.45, 2.75) is 6.04 Å². The van der Waals surface area contributed by atoms with Gasteiger partial charge in [-0.3, -0.25) is 5.10 Å². The highest BCUT2D eigenvalue weighted by atomic mass is 35.5. The third kappa shape index (κ3) is 1.64. The van der Waals surface area contributed by atoms with Crippen LogP contribution in [0.25, 0.3) is 0 Å². The predicted molar refractivity (Wildman–Crippen MR) is 64.0 cm³/mol. The van der Waals surface area contributed by atoms with Crippen LogP contribution in [0.2, 0.25) is 5.02 Å². The van der Waals surface area contributed by atoms with Crippen molar-refractivity contribution >= 4 is 23.3 Å². The molecule has 1 aliphatic heterocycles. The molecule has 1 unspecified atom stereocenters. The van der Waals surface area contributed by atoms with Gasteiger partial charge in [0.15, 0.2) is 0 Å². The molecular weight excluding hydrogens is 240 g/mol. The van der Waals surface area contributed by atoms with E-state index in [0.717, 1.165) is 11.3 Å². The smallest absolute Gasteiger partial charge is 0.320 e. The summed E-state index contributed by atoms with van der Waals surface area (Å²) in [6, 6.07) is 6.81. The van der Waals surface area contributed by atoms with Gasteiger partial charge in [-0.1, -0.05) is 23.7 Å². The molecule has 3 N–H and O–H groups in total. The summed E-state index contributed by atoms with van der Waals surface area (Å²) in [5, 5.41) is 12.8. The van der Waals surface area contributed by atoms with E-state index in [1.807, 2.05) is 18.2 Å². The van der Waals surface area contributed by atoms with Gasteiger partial charge in [0.1, 0.15) is 0 Å². The fourth-order valence-corrected chi connectivity index (χ4v) is 2.17. The number of nitrogens with one attached hydrogen (secondary N) is 3. The minimum Gasteiger partial charge on any atom is -0.325 e. The molecule has 1 aromatic heterocycles. The van der Waals surface area contributed by atoms with Gasteiger partial charge in [-0.25, -0.2) is 4.79 Å². The number of anilines is 1. The van der Waals surface area contributed by atoms with Gasteiger partial charge in [0, 0.05) is 11.8 Å². The first-order chi connectivity index (χ1) is 8.25. The Bertz CT molecular complexity index is 567. The van der Waals surface area contributed by atoms with E-state index < -0.39 is 0 Å². The molecule has 1 aliphatic rings. The number of H-pyrrole nitrogens is 1. The van der Waals surface area contributed by atoms with E-state index in [1.165, 1.54) is 0 Å². The van der Waals surface area contributed by atoms with Gasteiger partial charge < -0.3 is 10.6 Å². The topological polar surface area (TPSA) is 69.8 Å². The minimum atomic E-state index is -0.273. The van der Waals surface area contributed by atoms with Crippen LogP contribution >= 0.6 is 11.6 Å². The molecule has 0 fully saturated rings. The molecule has 0 saturated carbocycles. The Morgan fingerprint density at radius 3 is 2.94 bits per heavy atom. The fraction of sp³-hybridized carbons (Fsp3) is 0.0909. The lowest BCUT2D eigenvalue weighted by Gasteiger charge is -2.27. The first kappa shape index (κ1) is 10.2. The maximum absolute atomic E-state index is 11.6. The van der Waals surface area contributed by atoms with Gasteiger partial charge in [-0.2, -0.15) is 5.10 Å². The number of nitrogens with zero attached hydrogens (tertiary/aromatic N) is 1. The standard InChI is InChI=1S/C11H9ClN4O/c12-7-3-1-2-6-9(7)14-11(17)15-10(6)8-4-5-13-16-8/h1-5,10H,(H,13,16)(H2,14,15,17). The van der Waals surface area contributed by atoms with E-state index in [9.17, 15) is 4.79 Å². The number of hydrogen-bond donors (Lipinski definition) is 3. The number of aromatic nitrogens is 2. The number of halogens is 1. The molecule has 0 spiro atoms. The fourth-order valence-electron chi connectivity index (χ4n) is 1.94. The Balaban J connectivity index is 2.15. The van der Waals surface area contributed by atoms with E-state index in [-0.39, 0.29) is 12.1 Å².